The highest BCUT2D eigenvalue weighted by molar-refractivity contribution is 7.96. The van der Waals surface area contributed by atoms with Crippen molar-refractivity contribution in [2.24, 2.45) is 17.3 Å². The highest BCUT2D eigenvalue weighted by Crippen LogP contribution is 2.55. The first-order valence-electron chi connectivity index (χ1n) is 9.21. The molecule has 0 spiro atoms. The van der Waals surface area contributed by atoms with E-state index in [0.29, 0.717) is 16.7 Å². The Morgan fingerprint density at radius 1 is 1.46 bits per heavy atom. The Morgan fingerprint density at radius 2 is 2.08 bits per heavy atom. The predicted octanol–water partition coefficient (Wildman–Crippen LogP) is 4.63. The number of hydrogen-bond donors (Lipinski definition) is 1. The van der Waals surface area contributed by atoms with Gasteiger partial charge in [0.05, 0.1) is 10.9 Å². The van der Waals surface area contributed by atoms with Crippen LogP contribution in [0.2, 0.25) is 0 Å². The van der Waals surface area contributed by atoms with Crippen LogP contribution in [0, 0.1) is 17.3 Å². The van der Waals surface area contributed by atoms with Crippen molar-refractivity contribution in [1.82, 2.24) is 0 Å². The highest BCUT2D eigenvalue weighted by atomic mass is 32.2. The van der Waals surface area contributed by atoms with E-state index in [9.17, 15) is 13.5 Å². The smallest absolute Gasteiger partial charge is 0.178 e. The summed E-state index contributed by atoms with van der Waals surface area (Å²) in [4.78, 5) is 0.478. The van der Waals surface area contributed by atoms with E-state index in [4.69, 9.17) is 0 Å². The third kappa shape index (κ3) is 3.37. The third-order valence-electron chi connectivity index (χ3n) is 6.25. The van der Waals surface area contributed by atoms with E-state index in [1.165, 1.54) is 5.57 Å². The summed E-state index contributed by atoms with van der Waals surface area (Å²) in [6.07, 6.45) is 8.83. The summed E-state index contributed by atoms with van der Waals surface area (Å²) in [6.45, 7) is 11.4. The lowest BCUT2D eigenvalue weighted by atomic mass is 9.63. The van der Waals surface area contributed by atoms with Crippen LogP contribution in [0.1, 0.15) is 73.6 Å². The first-order chi connectivity index (χ1) is 10.9. The van der Waals surface area contributed by atoms with Crippen molar-refractivity contribution in [2.45, 2.75) is 84.5 Å². The molecule has 3 nitrogen and oxygen atoms in total. The minimum atomic E-state index is -3.24. The van der Waals surface area contributed by atoms with Crippen molar-refractivity contribution in [2.75, 3.05) is 0 Å². The number of aliphatic hydroxyl groups is 1. The van der Waals surface area contributed by atoms with Crippen molar-refractivity contribution in [3.05, 3.63) is 22.6 Å². The maximum atomic E-state index is 12.5. The van der Waals surface area contributed by atoms with Gasteiger partial charge in [0.25, 0.3) is 0 Å². The topological polar surface area (TPSA) is 54.4 Å². The van der Waals surface area contributed by atoms with Crippen LogP contribution in [0.3, 0.4) is 0 Å². The van der Waals surface area contributed by atoms with Gasteiger partial charge in [-0.15, -0.1) is 0 Å². The quantitative estimate of drug-likeness (QED) is 0.749. The summed E-state index contributed by atoms with van der Waals surface area (Å²) in [6, 6.07) is 0. The van der Waals surface area contributed by atoms with E-state index in [2.05, 4.69) is 19.9 Å². The Kier molecular flexibility index (Phi) is 5.42. The Morgan fingerprint density at radius 3 is 2.67 bits per heavy atom. The monoisotopic (exact) mass is 354 g/mol. The molecule has 0 aliphatic heterocycles. The standard InChI is InChI=1S/C20H34O3S/c1-14(9-10-15(2)24(22,23)19(3,4)5)16-11-12-17-18(21)8-7-13-20(16,17)6/h10-11,14,17-18,21H,7-9,12-13H2,1-6H3/b15-10+/t14-,17+,18+,20-/m1/s1. The Hall–Kier alpha value is -0.610. The molecular weight excluding hydrogens is 320 g/mol. The molecule has 1 fully saturated rings. The molecule has 138 valence electrons. The molecule has 2 aliphatic carbocycles. The van der Waals surface area contributed by atoms with Crippen LogP contribution < -0.4 is 0 Å². The number of sulfone groups is 1. The van der Waals surface area contributed by atoms with Crippen LogP contribution >= 0.6 is 0 Å². The van der Waals surface area contributed by atoms with Crippen LogP contribution in [-0.4, -0.2) is 24.4 Å². The fourth-order valence-corrected chi connectivity index (χ4v) is 5.86. The lowest BCUT2D eigenvalue weighted by molar-refractivity contribution is 0.00804. The van der Waals surface area contributed by atoms with Crippen LogP contribution in [-0.2, 0) is 9.84 Å². The highest BCUT2D eigenvalue weighted by Gasteiger charge is 2.47. The minimum absolute atomic E-state index is 0.0850. The maximum absolute atomic E-state index is 12.5. The number of hydrogen-bond acceptors (Lipinski definition) is 3. The largest absolute Gasteiger partial charge is 0.393 e. The average molecular weight is 355 g/mol. The average Bonchev–Trinajstić information content (AvgIpc) is 2.81. The molecule has 4 heteroatoms. The molecule has 0 radical (unpaired) electrons. The van der Waals surface area contributed by atoms with Gasteiger partial charge in [0.2, 0.25) is 0 Å². The number of fused-ring (bicyclic) bond motifs is 1. The molecule has 4 atom stereocenters. The second-order valence-corrected chi connectivity index (χ2v) is 11.8. The van der Waals surface area contributed by atoms with E-state index < -0.39 is 14.6 Å². The van der Waals surface area contributed by atoms with Crippen molar-refractivity contribution < 1.29 is 13.5 Å². The minimum Gasteiger partial charge on any atom is -0.393 e. The van der Waals surface area contributed by atoms with Crippen LogP contribution in [0.25, 0.3) is 0 Å². The van der Waals surface area contributed by atoms with E-state index in [0.717, 1.165) is 32.1 Å². The first-order valence-corrected chi connectivity index (χ1v) is 10.7. The first kappa shape index (κ1) is 19.7. The van der Waals surface area contributed by atoms with Gasteiger partial charge in [0.15, 0.2) is 9.84 Å². The zero-order valence-electron chi connectivity index (χ0n) is 16.1. The second-order valence-electron chi connectivity index (χ2n) is 8.95. The van der Waals surface area contributed by atoms with Crippen LogP contribution in [0.4, 0.5) is 0 Å². The fourth-order valence-electron chi connectivity index (χ4n) is 4.58. The predicted molar refractivity (Wildman–Crippen MR) is 100 cm³/mol. The molecular formula is C20H34O3S. The molecule has 0 amide bonds. The number of rotatable bonds is 4. The zero-order valence-corrected chi connectivity index (χ0v) is 16.9. The Balaban J connectivity index is 2.14. The lowest BCUT2D eigenvalue weighted by Crippen LogP contribution is -2.39. The van der Waals surface area contributed by atoms with Gasteiger partial charge < -0.3 is 5.11 Å². The number of allylic oxidation sites excluding steroid dienone is 4. The van der Waals surface area contributed by atoms with Gasteiger partial charge in [-0.05, 0) is 77.0 Å². The Labute approximate surface area is 148 Å². The summed E-state index contributed by atoms with van der Waals surface area (Å²) in [7, 11) is -3.24. The van der Waals surface area contributed by atoms with Gasteiger partial charge in [-0.3, -0.25) is 0 Å². The van der Waals surface area contributed by atoms with E-state index in [1.54, 1.807) is 27.7 Å². The van der Waals surface area contributed by atoms with Gasteiger partial charge in [0.1, 0.15) is 0 Å². The van der Waals surface area contributed by atoms with E-state index in [1.807, 2.05) is 6.08 Å². The maximum Gasteiger partial charge on any atom is 0.178 e. The number of aliphatic hydroxyl groups excluding tert-OH is 1. The lowest BCUT2D eigenvalue weighted by Gasteiger charge is -2.43. The van der Waals surface area contributed by atoms with Crippen LogP contribution in [0.15, 0.2) is 22.6 Å². The van der Waals surface area contributed by atoms with Crippen molar-refractivity contribution in [1.29, 1.82) is 0 Å². The molecule has 1 saturated carbocycles. The molecule has 0 heterocycles. The summed E-state index contributed by atoms with van der Waals surface area (Å²) in [5.74, 6) is 0.655. The SMILES string of the molecule is C/C(=C\C[C@@H](C)C1=CC[C@H]2[C@@H](O)CCC[C@]12C)S(=O)(=O)C(C)(C)C. The molecule has 1 N–H and O–H groups in total. The van der Waals surface area contributed by atoms with Gasteiger partial charge in [0, 0.05) is 4.91 Å². The molecule has 0 bridgehead atoms. The summed E-state index contributed by atoms with van der Waals surface area (Å²) in [5.41, 5.74) is 1.50. The van der Waals surface area contributed by atoms with E-state index >= 15 is 0 Å². The van der Waals surface area contributed by atoms with Crippen LogP contribution in [0.5, 0.6) is 0 Å². The van der Waals surface area contributed by atoms with Gasteiger partial charge in [-0.25, -0.2) is 8.42 Å². The molecule has 2 rings (SSSR count). The van der Waals surface area contributed by atoms with Crippen molar-refractivity contribution >= 4 is 9.84 Å². The molecule has 0 aromatic carbocycles. The van der Waals surface area contributed by atoms with Gasteiger partial charge >= 0.3 is 0 Å². The zero-order chi connectivity index (χ0) is 18.3. The molecule has 24 heavy (non-hydrogen) atoms. The fraction of sp³-hybridized carbons (Fsp3) is 0.800. The van der Waals surface area contributed by atoms with Crippen molar-refractivity contribution in [3.63, 3.8) is 0 Å². The van der Waals surface area contributed by atoms with Crippen molar-refractivity contribution in [3.8, 4) is 0 Å². The second kappa shape index (κ2) is 6.60. The summed E-state index contributed by atoms with van der Waals surface area (Å²) in [5, 5.41) is 10.3. The normalized spacial score (nSPS) is 33.1. The molecule has 2 aliphatic rings. The summed E-state index contributed by atoms with van der Waals surface area (Å²) >= 11 is 0. The molecule has 0 aromatic rings. The molecule has 0 unspecified atom stereocenters. The Bertz CT molecular complexity index is 636. The molecule has 0 saturated heterocycles. The molecule has 0 aromatic heterocycles. The van der Waals surface area contributed by atoms with Gasteiger partial charge in [-0.2, -0.15) is 0 Å². The summed E-state index contributed by atoms with van der Waals surface area (Å²) < 4.78 is 24.3. The van der Waals surface area contributed by atoms with Gasteiger partial charge in [-0.1, -0.05) is 31.6 Å². The van der Waals surface area contributed by atoms with E-state index in [-0.39, 0.29) is 11.5 Å². The third-order valence-corrected chi connectivity index (χ3v) is 8.88.